The zero-order chi connectivity index (χ0) is 45.4. The SMILES string of the molecule is CCO[Si](CCSC(SSSSC(SCC[Si](OCC)(OCC)OCC)=[N+](C)C)=[N+](C)C)(OCC)OCC.CO[Si](CCCSSSSc1nc2ccccc2s1)(OC)OC. The summed E-state index contributed by atoms with van der Waals surface area (Å²) >= 11 is 5.40. The van der Waals surface area contributed by atoms with Crippen LogP contribution >= 0.6 is 117 Å². The van der Waals surface area contributed by atoms with Crippen LogP contribution in [0.4, 0.5) is 0 Å². The van der Waals surface area contributed by atoms with Gasteiger partial charge in [-0.25, -0.2) is 14.1 Å². The van der Waals surface area contributed by atoms with Crippen molar-refractivity contribution in [2.75, 3.05) is 106 Å². The minimum atomic E-state index is -2.62. The molecule has 12 nitrogen and oxygen atoms in total. The molecule has 0 aliphatic rings. The van der Waals surface area contributed by atoms with Crippen molar-refractivity contribution in [3.05, 3.63) is 24.3 Å². The summed E-state index contributed by atoms with van der Waals surface area (Å²) in [6, 6.07) is 10.7. The molecule has 0 saturated heterocycles. The first-order valence-corrected chi connectivity index (χ1v) is 38.3. The summed E-state index contributed by atoms with van der Waals surface area (Å²) in [5.74, 6) is 2.82. The number of nitrogens with zero attached hydrogens (tertiary/aromatic N) is 3. The molecule has 1 aromatic heterocycles. The van der Waals surface area contributed by atoms with Gasteiger partial charge < -0.3 is 39.8 Å². The molecule has 0 aliphatic carbocycles. The number of thioether (sulfide) groups is 2. The highest BCUT2D eigenvalue weighted by Gasteiger charge is 2.41. The van der Waals surface area contributed by atoms with Gasteiger partial charge in [0.2, 0.25) is 0 Å². The molecule has 26 heteroatoms. The van der Waals surface area contributed by atoms with Crippen LogP contribution in [0.25, 0.3) is 10.2 Å². The Labute approximate surface area is 413 Å². The van der Waals surface area contributed by atoms with Crippen LogP contribution in [0.5, 0.6) is 0 Å². The smallest absolute Gasteiger partial charge is 0.377 e. The van der Waals surface area contributed by atoms with E-state index in [2.05, 4.69) is 60.5 Å². The molecule has 0 amide bonds. The molecule has 0 radical (unpaired) electrons. The van der Waals surface area contributed by atoms with E-state index in [1.54, 1.807) is 104 Å². The van der Waals surface area contributed by atoms with Gasteiger partial charge in [-0.3, -0.25) is 0 Å². The highest BCUT2D eigenvalue weighted by atomic mass is 33.7. The lowest BCUT2D eigenvalue weighted by atomic mass is 10.3. The van der Waals surface area contributed by atoms with Crippen LogP contribution in [0.1, 0.15) is 48.0 Å². The highest BCUT2D eigenvalue weighted by molar-refractivity contribution is 9.30. The van der Waals surface area contributed by atoms with Crippen molar-refractivity contribution in [2.24, 2.45) is 0 Å². The molecular weight excluding hydrogens is 1040 g/mol. The molecule has 0 unspecified atom stereocenters. The summed E-state index contributed by atoms with van der Waals surface area (Å²) in [4.78, 5) is 4.61. The van der Waals surface area contributed by atoms with Crippen molar-refractivity contribution in [1.29, 1.82) is 0 Å². The van der Waals surface area contributed by atoms with Crippen LogP contribution in [-0.4, -0.2) is 156 Å². The van der Waals surface area contributed by atoms with Gasteiger partial charge in [0.15, 0.2) is 4.34 Å². The number of aromatic nitrogens is 1. The quantitative estimate of drug-likeness (QED) is 0.0173. The van der Waals surface area contributed by atoms with Gasteiger partial charge in [0.25, 0.3) is 8.75 Å². The number of thiazole rings is 1. The Hall–Kier alpha value is 2.24. The lowest BCUT2D eigenvalue weighted by molar-refractivity contribution is -0.458. The number of para-hydroxylation sites is 1. The van der Waals surface area contributed by atoms with Gasteiger partial charge in [0.05, 0.1) is 10.2 Å². The Bertz CT molecular complexity index is 1370. The fourth-order valence-corrected chi connectivity index (χ4v) is 30.1. The molecule has 2 aromatic rings. The molecule has 1 aromatic carbocycles. The predicted molar refractivity (Wildman–Crippen MR) is 290 cm³/mol. The molecule has 2 rings (SSSR count). The van der Waals surface area contributed by atoms with Crippen LogP contribution in [0, 0.1) is 0 Å². The first-order chi connectivity index (χ1) is 29.4. The second kappa shape index (κ2) is 37.2. The Balaban J connectivity index is 0.000000683. The summed E-state index contributed by atoms with van der Waals surface area (Å²) in [6.07, 6.45) is 1.02. The number of hydrogen-bond acceptors (Lipinski definition) is 21. The average Bonchev–Trinajstić information content (AvgIpc) is 3.66. The molecule has 0 bridgehead atoms. The maximum absolute atomic E-state index is 6.00. The number of benzene rings is 1. The molecule has 0 atom stereocenters. The Kier molecular flexibility index (Phi) is 37.3. The van der Waals surface area contributed by atoms with Gasteiger partial charge in [0, 0.05) is 118 Å². The van der Waals surface area contributed by atoms with Crippen LogP contribution in [0.3, 0.4) is 0 Å². The van der Waals surface area contributed by atoms with Crippen molar-refractivity contribution < 1.29 is 49.0 Å². The van der Waals surface area contributed by atoms with E-state index in [9.17, 15) is 0 Å². The van der Waals surface area contributed by atoms with Crippen molar-refractivity contribution in [3.63, 3.8) is 0 Å². The lowest BCUT2D eigenvalue weighted by Gasteiger charge is -2.28. The van der Waals surface area contributed by atoms with Gasteiger partial charge >= 0.3 is 26.4 Å². The Morgan fingerprint density at radius 1 is 0.574 bits per heavy atom. The van der Waals surface area contributed by atoms with Gasteiger partial charge in [-0.05, 0) is 134 Å². The molecule has 61 heavy (non-hydrogen) atoms. The number of hydrogen-bond donors (Lipinski definition) is 0. The Morgan fingerprint density at radius 2 is 1.02 bits per heavy atom. The molecule has 0 saturated carbocycles. The molecule has 0 spiro atoms. The highest BCUT2D eigenvalue weighted by Crippen LogP contribution is 2.49. The topological polar surface area (TPSA) is 102 Å². The monoisotopic (exact) mass is 1110 g/mol. The van der Waals surface area contributed by atoms with E-state index < -0.39 is 26.4 Å². The van der Waals surface area contributed by atoms with Crippen molar-refractivity contribution in [1.82, 2.24) is 4.98 Å². The second-order valence-electron chi connectivity index (χ2n) is 12.2. The number of rotatable bonds is 32. The summed E-state index contributed by atoms with van der Waals surface area (Å²) in [7, 11) is 19.9. The van der Waals surface area contributed by atoms with Crippen LogP contribution in [0.2, 0.25) is 18.1 Å². The van der Waals surface area contributed by atoms with E-state index >= 15 is 0 Å². The summed E-state index contributed by atoms with van der Waals surface area (Å²) in [6.45, 7) is 15.6. The van der Waals surface area contributed by atoms with Crippen molar-refractivity contribution >= 4 is 163 Å². The third-order valence-corrected chi connectivity index (χ3v) is 34.7. The maximum Gasteiger partial charge on any atom is 0.501 e. The molecule has 0 aliphatic heterocycles. The standard InChI is InChI=1S/C22H50N2O6S6Si2.C13H19NO3S5Si/c1-11-25-37(26-12-2,27-13-3)19-17-31-21(23(7)8)33-35-36-34-22(24(9)10)32-18-20-38(28-14-4,29-15-5)30-16-6;1-15-23(16-2,17-3)10-6-9-18-21-22-20-13-14-11-7-4-5-8-12(11)19-13/h11-20H2,1-10H3;4-5,7-8H,6,9-10H2,1-3H3/q+2;. The third-order valence-electron chi connectivity index (χ3n) is 7.52. The van der Waals surface area contributed by atoms with Gasteiger partial charge in [-0.15, -0.1) is 11.3 Å². The lowest BCUT2D eigenvalue weighted by Crippen LogP contribution is -2.46. The molecule has 0 N–H and O–H groups in total. The van der Waals surface area contributed by atoms with Crippen molar-refractivity contribution in [2.45, 2.75) is 70.4 Å². The van der Waals surface area contributed by atoms with E-state index in [-0.39, 0.29) is 0 Å². The van der Waals surface area contributed by atoms with Crippen molar-refractivity contribution in [3.8, 4) is 0 Å². The van der Waals surface area contributed by atoms with E-state index in [1.807, 2.05) is 81.9 Å². The molecular formula is C35H69N3O9S11Si3+2. The largest absolute Gasteiger partial charge is 0.501 e. The maximum atomic E-state index is 6.00. The molecule has 0 fully saturated rings. The van der Waals surface area contributed by atoms with Gasteiger partial charge in [-0.1, -0.05) is 22.9 Å². The average molecular weight is 1110 g/mol. The summed E-state index contributed by atoms with van der Waals surface area (Å²) in [5, 5.41) is 0. The fourth-order valence-electron chi connectivity index (χ4n) is 4.96. The molecule has 354 valence electrons. The minimum Gasteiger partial charge on any atom is -0.377 e. The van der Waals surface area contributed by atoms with Gasteiger partial charge in [0.1, 0.15) is 28.2 Å². The van der Waals surface area contributed by atoms with E-state index in [0.717, 1.165) is 51.7 Å². The second-order valence-corrected chi connectivity index (χ2v) is 36.3. The molecule has 1 heterocycles. The normalized spacial score (nSPS) is 12.1. The van der Waals surface area contributed by atoms with Crippen LogP contribution in [-0.2, 0) is 39.8 Å². The third kappa shape index (κ3) is 25.4. The summed E-state index contributed by atoms with van der Waals surface area (Å²) in [5.41, 5.74) is 1.08. The van der Waals surface area contributed by atoms with E-state index in [1.165, 1.54) is 13.5 Å². The fraction of sp³-hybridized carbons (Fsp3) is 0.743. The Morgan fingerprint density at radius 3 is 1.41 bits per heavy atom. The number of fused-ring (bicyclic) bond motifs is 1. The summed E-state index contributed by atoms with van der Waals surface area (Å²) < 4.78 is 61.4. The van der Waals surface area contributed by atoms with E-state index in [4.69, 9.17) is 39.8 Å². The minimum absolute atomic E-state index is 0.606. The first kappa shape index (κ1) is 61.3. The predicted octanol–water partition coefficient (Wildman–Crippen LogP) is 12.1. The van der Waals surface area contributed by atoms with Crippen LogP contribution in [0.15, 0.2) is 28.6 Å². The van der Waals surface area contributed by atoms with Crippen LogP contribution < -0.4 is 0 Å². The van der Waals surface area contributed by atoms with E-state index in [0.29, 0.717) is 39.6 Å². The first-order valence-electron chi connectivity index (χ1n) is 19.9. The zero-order valence-electron chi connectivity index (χ0n) is 38.0. The zero-order valence-corrected chi connectivity index (χ0v) is 50.0. The van der Waals surface area contributed by atoms with Gasteiger partial charge in [-0.2, -0.15) is 0 Å².